The molecule has 7 nitrogen and oxygen atoms in total. The van der Waals surface area contributed by atoms with Gasteiger partial charge in [-0.3, -0.25) is 0 Å². The van der Waals surface area contributed by atoms with E-state index in [1.54, 1.807) is 4.90 Å². The van der Waals surface area contributed by atoms with Gasteiger partial charge in [-0.1, -0.05) is 39.0 Å². The summed E-state index contributed by atoms with van der Waals surface area (Å²) in [6.45, 7) is 8.22. The van der Waals surface area contributed by atoms with Gasteiger partial charge in [0.25, 0.3) is 0 Å². The second kappa shape index (κ2) is 7.09. The van der Waals surface area contributed by atoms with Crippen molar-refractivity contribution >= 4 is 17.1 Å². The molecule has 0 N–H and O–H groups in total. The number of aromatic nitrogens is 3. The average molecular weight is 406 g/mol. The van der Waals surface area contributed by atoms with E-state index >= 15 is 0 Å². The first-order valence-electron chi connectivity index (χ1n) is 10.5. The van der Waals surface area contributed by atoms with Crippen LogP contribution in [0, 0.1) is 0 Å². The summed E-state index contributed by atoms with van der Waals surface area (Å²) in [5.74, 6) is 0.369. The van der Waals surface area contributed by atoms with Gasteiger partial charge in [0.05, 0.1) is 30.6 Å². The third-order valence-corrected chi connectivity index (χ3v) is 5.66. The zero-order valence-corrected chi connectivity index (χ0v) is 17.6. The minimum absolute atomic E-state index is 0.0850. The minimum Gasteiger partial charge on any atom is -0.391 e. The fraction of sp³-hybridized carbons (Fsp3) is 0.435. The first-order chi connectivity index (χ1) is 14.4. The maximum Gasteiger partial charge on any atom is 0.416 e. The maximum atomic E-state index is 12.6. The topological polar surface area (TPSA) is 69.5 Å². The van der Waals surface area contributed by atoms with Crippen molar-refractivity contribution in [3.63, 3.8) is 0 Å². The van der Waals surface area contributed by atoms with E-state index < -0.39 is 0 Å². The third-order valence-electron chi connectivity index (χ3n) is 5.66. The van der Waals surface area contributed by atoms with Gasteiger partial charge >= 0.3 is 6.09 Å². The molecule has 2 aliphatic heterocycles. The molecule has 1 atom stereocenters. The molecule has 3 aromatic rings. The van der Waals surface area contributed by atoms with E-state index in [2.05, 4.69) is 26.8 Å². The second-order valence-corrected chi connectivity index (χ2v) is 9.05. The lowest BCUT2D eigenvalue weighted by Gasteiger charge is -2.29. The van der Waals surface area contributed by atoms with Crippen LogP contribution in [0.1, 0.15) is 44.9 Å². The molecule has 0 aliphatic carbocycles. The monoisotopic (exact) mass is 406 g/mol. The van der Waals surface area contributed by atoms with Gasteiger partial charge in [0, 0.05) is 23.0 Å². The van der Waals surface area contributed by atoms with Crippen LogP contribution in [-0.2, 0) is 16.7 Å². The molecule has 0 saturated carbocycles. The number of amides is 1. The first-order valence-corrected chi connectivity index (χ1v) is 10.5. The van der Waals surface area contributed by atoms with Crippen molar-refractivity contribution in [2.24, 2.45) is 0 Å². The molecule has 4 heterocycles. The van der Waals surface area contributed by atoms with Gasteiger partial charge in [-0.25, -0.2) is 9.48 Å². The van der Waals surface area contributed by atoms with Crippen LogP contribution in [0.25, 0.3) is 16.7 Å². The first kappa shape index (κ1) is 19.1. The van der Waals surface area contributed by atoms with E-state index in [-0.39, 0.29) is 17.6 Å². The highest BCUT2D eigenvalue weighted by Gasteiger charge is 2.32. The molecular formula is C23H26N4O3. The largest absolute Gasteiger partial charge is 0.416 e. The summed E-state index contributed by atoms with van der Waals surface area (Å²) < 4.78 is 13.2. The third kappa shape index (κ3) is 3.33. The number of rotatable bonds is 3. The van der Waals surface area contributed by atoms with Crippen molar-refractivity contribution in [2.45, 2.75) is 51.7 Å². The van der Waals surface area contributed by atoms with E-state index in [1.807, 2.05) is 35.0 Å². The van der Waals surface area contributed by atoms with Crippen LogP contribution in [-0.4, -0.2) is 45.0 Å². The van der Waals surface area contributed by atoms with Crippen molar-refractivity contribution in [1.82, 2.24) is 19.7 Å². The number of carbonyl (C=O) groups is 1. The quantitative estimate of drug-likeness (QED) is 0.652. The summed E-state index contributed by atoms with van der Waals surface area (Å²) >= 11 is 0. The van der Waals surface area contributed by atoms with Gasteiger partial charge in [-0.15, -0.1) is 0 Å². The molecule has 1 unspecified atom stereocenters. The lowest BCUT2D eigenvalue weighted by atomic mass is 9.90. The molecule has 1 aromatic carbocycles. The number of ether oxygens (including phenoxy) is 2. The van der Waals surface area contributed by atoms with Gasteiger partial charge in [0.1, 0.15) is 0 Å². The molecule has 30 heavy (non-hydrogen) atoms. The molecule has 1 saturated heterocycles. The van der Waals surface area contributed by atoms with Crippen molar-refractivity contribution in [1.29, 1.82) is 0 Å². The van der Waals surface area contributed by atoms with Crippen molar-refractivity contribution in [3.8, 4) is 11.6 Å². The summed E-state index contributed by atoms with van der Waals surface area (Å²) in [5.41, 5.74) is 3.34. The molecule has 2 aromatic heterocycles. The van der Waals surface area contributed by atoms with Crippen LogP contribution in [0.5, 0.6) is 5.88 Å². The highest BCUT2D eigenvalue weighted by Crippen LogP contribution is 2.35. The molecule has 0 radical (unpaired) electrons. The van der Waals surface area contributed by atoms with E-state index in [0.29, 0.717) is 24.6 Å². The Balaban J connectivity index is 1.59. The fourth-order valence-corrected chi connectivity index (χ4v) is 4.16. The zero-order valence-electron chi connectivity index (χ0n) is 17.6. The molecular weight excluding hydrogens is 380 g/mol. The lowest BCUT2D eigenvalue weighted by molar-refractivity contribution is 0.0641. The Bertz CT molecular complexity index is 1100. The summed E-state index contributed by atoms with van der Waals surface area (Å²) in [6, 6.07) is 12.0. The van der Waals surface area contributed by atoms with Gasteiger partial charge in [-0.05, 0) is 31.0 Å². The standard InChI is InChI=1S/C23H26N4O3/c1-23(2,3)19-18-12-15-13-26(14-17-10-7-11-29-17)22(28)30-21(15)24-20(18)27(25-19)16-8-5-4-6-9-16/h4-6,8-9,12,17H,7,10-11,13-14H2,1-3H3. The Hall–Kier alpha value is -2.93. The van der Waals surface area contributed by atoms with Crippen LogP contribution >= 0.6 is 0 Å². The van der Waals surface area contributed by atoms with Gasteiger partial charge in [0.2, 0.25) is 5.88 Å². The normalized spacial score (nSPS) is 19.2. The Labute approximate surface area is 175 Å². The Morgan fingerprint density at radius 3 is 2.70 bits per heavy atom. The molecule has 5 rings (SSSR count). The summed E-state index contributed by atoms with van der Waals surface area (Å²) in [7, 11) is 0. The predicted molar refractivity (Wildman–Crippen MR) is 113 cm³/mol. The van der Waals surface area contributed by atoms with Crippen LogP contribution in [0.2, 0.25) is 0 Å². The van der Waals surface area contributed by atoms with Gasteiger partial charge < -0.3 is 14.4 Å². The predicted octanol–water partition coefficient (Wildman–Crippen LogP) is 4.21. The number of hydrogen-bond donors (Lipinski definition) is 0. The molecule has 156 valence electrons. The van der Waals surface area contributed by atoms with Crippen molar-refractivity contribution in [3.05, 3.63) is 47.7 Å². The van der Waals surface area contributed by atoms with Crippen molar-refractivity contribution < 1.29 is 14.3 Å². The fourth-order valence-electron chi connectivity index (χ4n) is 4.16. The van der Waals surface area contributed by atoms with Crippen LogP contribution in [0.4, 0.5) is 4.79 Å². The molecule has 1 fully saturated rings. The lowest BCUT2D eigenvalue weighted by Crippen LogP contribution is -2.41. The van der Waals surface area contributed by atoms with Crippen LogP contribution < -0.4 is 4.74 Å². The molecule has 1 amide bonds. The van der Waals surface area contributed by atoms with Gasteiger partial charge in [-0.2, -0.15) is 10.1 Å². The Morgan fingerprint density at radius 2 is 2.00 bits per heavy atom. The molecule has 0 bridgehead atoms. The average Bonchev–Trinajstić information content (AvgIpc) is 3.35. The Morgan fingerprint density at radius 1 is 1.20 bits per heavy atom. The number of hydrogen-bond acceptors (Lipinski definition) is 5. The molecule has 7 heteroatoms. The van der Waals surface area contributed by atoms with Gasteiger partial charge in [0.15, 0.2) is 5.65 Å². The number of carbonyl (C=O) groups excluding carboxylic acids is 1. The van der Waals surface area contributed by atoms with Crippen LogP contribution in [0.3, 0.4) is 0 Å². The minimum atomic E-state index is -0.369. The zero-order chi connectivity index (χ0) is 20.9. The molecule has 0 spiro atoms. The smallest absolute Gasteiger partial charge is 0.391 e. The van der Waals surface area contributed by atoms with E-state index in [9.17, 15) is 4.79 Å². The summed E-state index contributed by atoms with van der Waals surface area (Å²) in [5, 5.41) is 5.89. The SMILES string of the molecule is CC(C)(C)c1nn(-c2ccccc2)c2nc3c(cc12)CN(CC1CCCO1)C(=O)O3. The maximum absolute atomic E-state index is 12.6. The van der Waals surface area contributed by atoms with Crippen molar-refractivity contribution in [2.75, 3.05) is 13.2 Å². The number of fused-ring (bicyclic) bond motifs is 2. The highest BCUT2D eigenvalue weighted by molar-refractivity contribution is 5.84. The van der Waals surface area contributed by atoms with E-state index in [4.69, 9.17) is 19.6 Å². The second-order valence-electron chi connectivity index (χ2n) is 9.05. The molecule has 2 aliphatic rings. The number of benzene rings is 1. The number of nitrogens with zero attached hydrogens (tertiary/aromatic N) is 4. The summed E-state index contributed by atoms with van der Waals surface area (Å²) in [4.78, 5) is 19.0. The van der Waals surface area contributed by atoms with Crippen LogP contribution in [0.15, 0.2) is 36.4 Å². The number of para-hydroxylation sites is 1. The number of pyridine rings is 1. The Kier molecular flexibility index (Phi) is 4.50. The van der Waals surface area contributed by atoms with E-state index in [0.717, 1.165) is 41.8 Å². The van der Waals surface area contributed by atoms with E-state index in [1.165, 1.54) is 0 Å². The summed E-state index contributed by atoms with van der Waals surface area (Å²) in [6.07, 6.45) is 1.74. The highest BCUT2D eigenvalue weighted by atomic mass is 16.6.